The highest BCUT2D eigenvalue weighted by molar-refractivity contribution is 9.11. The van der Waals surface area contributed by atoms with E-state index in [0.29, 0.717) is 15.5 Å². The van der Waals surface area contributed by atoms with Crippen LogP contribution in [-0.4, -0.2) is 41.8 Å². The molecule has 1 N–H and O–H groups in total. The first-order valence-corrected chi connectivity index (χ1v) is 31.4. The van der Waals surface area contributed by atoms with Gasteiger partial charge in [-0.1, -0.05) is 100 Å². The van der Waals surface area contributed by atoms with Crippen molar-refractivity contribution in [3.8, 4) is 31.3 Å². The van der Waals surface area contributed by atoms with E-state index in [0.717, 1.165) is 70.6 Å². The Kier molecular flexibility index (Phi) is 27.9. The van der Waals surface area contributed by atoms with Crippen molar-refractivity contribution in [2.45, 2.75) is 41.0 Å². The Hall–Kier alpha value is -7.65. The fourth-order valence-electron chi connectivity index (χ4n) is 7.18. The zero-order valence-electron chi connectivity index (χ0n) is 47.4. The van der Waals surface area contributed by atoms with E-state index in [1.807, 2.05) is 93.1 Å². The van der Waals surface area contributed by atoms with Crippen LogP contribution >= 0.6 is 96.1 Å². The minimum absolute atomic E-state index is 0.111. The lowest BCUT2D eigenvalue weighted by Crippen LogP contribution is -1.99. The second kappa shape index (κ2) is 35.4. The van der Waals surface area contributed by atoms with Crippen LogP contribution in [0.1, 0.15) is 63.9 Å². The summed E-state index contributed by atoms with van der Waals surface area (Å²) in [5.74, 6) is -3.36. The molecule has 0 aliphatic rings. The molecule has 0 bridgehead atoms. The summed E-state index contributed by atoms with van der Waals surface area (Å²) >= 11 is 27.6. The Morgan fingerprint density at radius 3 is 1.27 bits per heavy atom. The van der Waals surface area contributed by atoms with Crippen molar-refractivity contribution in [3.05, 3.63) is 308 Å². The molecule has 450 valence electrons. The number of hydrogen-bond acceptors (Lipinski definition) is 11. The number of carboxylic acid groups (broad SMARTS) is 1. The molecule has 0 saturated heterocycles. The molecular formula is C67H52BrCl3F5N5O3S4. The molecule has 0 atom stereocenters. The smallest absolute Gasteiger partial charge is 0.337 e. The number of nitrogens with zero attached hydrogens (tertiary/aromatic N) is 5. The largest absolute Gasteiger partial charge is 0.478 e. The summed E-state index contributed by atoms with van der Waals surface area (Å²) in [6.45, 7) is 9.53. The maximum absolute atomic E-state index is 12.9. The lowest BCUT2D eigenvalue weighted by Gasteiger charge is -2.04. The van der Waals surface area contributed by atoms with Gasteiger partial charge in [0.2, 0.25) is 35.5 Å². The average Bonchev–Trinajstić information content (AvgIpc) is 3.65. The van der Waals surface area contributed by atoms with Crippen molar-refractivity contribution in [2.75, 3.05) is 0 Å². The second-order valence-corrected chi connectivity index (χ2v) is 25.4. The molecule has 9 aromatic heterocycles. The Bertz CT molecular complexity index is 4020. The number of benzene rings is 3. The first kappa shape index (κ1) is 69.5. The predicted molar refractivity (Wildman–Crippen MR) is 354 cm³/mol. The summed E-state index contributed by atoms with van der Waals surface area (Å²) in [5.41, 5.74) is 9.49. The van der Waals surface area contributed by atoms with Gasteiger partial charge >= 0.3 is 5.97 Å². The molecule has 3 aromatic carbocycles. The van der Waals surface area contributed by atoms with Crippen molar-refractivity contribution in [2.24, 2.45) is 0 Å². The summed E-state index contributed by atoms with van der Waals surface area (Å²) in [6, 6.07) is 47.2. The third-order valence-electron chi connectivity index (χ3n) is 11.6. The third kappa shape index (κ3) is 23.5. The molecule has 88 heavy (non-hydrogen) atoms. The van der Waals surface area contributed by atoms with Crippen molar-refractivity contribution in [1.29, 1.82) is 0 Å². The van der Waals surface area contributed by atoms with Gasteiger partial charge in [-0.15, -0.1) is 45.3 Å². The second-order valence-electron chi connectivity index (χ2n) is 18.6. The highest BCUT2D eigenvalue weighted by Crippen LogP contribution is 2.33. The Morgan fingerprint density at radius 2 is 0.864 bits per heavy atom. The van der Waals surface area contributed by atoms with Gasteiger partial charge in [0.25, 0.3) is 0 Å². The zero-order chi connectivity index (χ0) is 63.7. The fraction of sp³-hybridized carbons (Fsp3) is 0.0896. The molecule has 0 spiro atoms. The van der Waals surface area contributed by atoms with Crippen LogP contribution in [0.25, 0.3) is 31.3 Å². The first-order valence-electron chi connectivity index (χ1n) is 26.1. The lowest BCUT2D eigenvalue weighted by molar-refractivity contribution is 0.0696. The number of carboxylic acids is 1. The number of aryl methyl sites for hydroxylation is 5. The SMILES string of the molecule is Brc1cccs1.Cc1ccc(Cl)c(C(=O)O)c1.Cc1ccc(Cl)c(C(=O)c2ccc(-c3ccc(F)nc3)s2)c1.Cc1ccc(Cl)c(Cc2ccc(-c3ccc(F)nc3)s2)c1.Cc1ccc(F)nc1.Cc1ccc(F)nc1.Fc1ccc(-c2cccs2)cn1. The highest BCUT2D eigenvalue weighted by Gasteiger charge is 2.16. The summed E-state index contributed by atoms with van der Waals surface area (Å²) in [7, 11) is 0. The number of ketones is 1. The van der Waals surface area contributed by atoms with Gasteiger partial charge in [0.15, 0.2) is 0 Å². The molecule has 0 aliphatic heterocycles. The lowest BCUT2D eigenvalue weighted by atomic mass is 10.1. The monoisotopic (exact) mass is 1380 g/mol. The molecule has 0 saturated carbocycles. The molecule has 9 heterocycles. The third-order valence-corrected chi connectivity index (χ3v) is 17.3. The van der Waals surface area contributed by atoms with Gasteiger partial charge in [-0.25, -0.2) is 29.7 Å². The highest BCUT2D eigenvalue weighted by atomic mass is 79.9. The van der Waals surface area contributed by atoms with Gasteiger partial charge in [0.05, 0.1) is 24.3 Å². The van der Waals surface area contributed by atoms with Crippen molar-refractivity contribution >= 4 is 108 Å². The van der Waals surface area contributed by atoms with E-state index in [9.17, 15) is 31.5 Å². The molecule has 0 amide bonds. The van der Waals surface area contributed by atoms with Gasteiger partial charge in [0.1, 0.15) is 0 Å². The van der Waals surface area contributed by atoms with Crippen molar-refractivity contribution in [3.63, 3.8) is 0 Å². The number of aromatic carboxylic acids is 1. The van der Waals surface area contributed by atoms with Crippen LogP contribution in [0.15, 0.2) is 209 Å². The Balaban J connectivity index is 0.000000172. The number of rotatable bonds is 8. The van der Waals surface area contributed by atoms with Gasteiger partial charge in [-0.05, 0) is 193 Å². The Labute approximate surface area is 545 Å². The van der Waals surface area contributed by atoms with E-state index < -0.39 is 35.7 Å². The van der Waals surface area contributed by atoms with E-state index in [1.165, 1.54) is 74.5 Å². The van der Waals surface area contributed by atoms with Gasteiger partial charge in [-0.2, -0.15) is 22.0 Å². The van der Waals surface area contributed by atoms with Crippen LogP contribution in [0, 0.1) is 64.4 Å². The van der Waals surface area contributed by atoms with Gasteiger partial charge in [0, 0.05) is 84.2 Å². The standard InChI is InChI=1S/C17H11ClFNOS.C17H13ClFNS.C9H6FNS.C8H7ClO2.2C6H6FN.C4H3BrS/c1-10-2-4-13(18)12(8-10)17(21)15-6-5-14(22-15)11-3-7-16(19)20-9-11;1-11-2-5-15(18)13(8-11)9-14-4-6-16(21-14)12-3-7-17(19)20-10-12;10-9-4-3-7(6-11-9)8-2-1-5-12-8;1-5-2-3-7(9)6(4-5)8(10)11;2*1-5-2-3-6(7)8-4-5;5-4-2-1-3-6-4/h2-9H,1H3;2-8,10H,9H2,1H3;1-6H;2-4H,1H3,(H,10,11);2*2-4H,1H3;1-3H. The number of aromatic nitrogens is 5. The van der Waals surface area contributed by atoms with Crippen LogP contribution in [0.5, 0.6) is 0 Å². The average molecular weight is 1380 g/mol. The molecule has 8 nitrogen and oxygen atoms in total. The molecule has 12 rings (SSSR count). The number of halogens is 9. The first-order chi connectivity index (χ1) is 42.1. The number of carbonyl (C=O) groups is 2. The molecule has 0 aliphatic carbocycles. The topological polar surface area (TPSA) is 119 Å². The summed E-state index contributed by atoms with van der Waals surface area (Å²) in [4.78, 5) is 45.7. The number of carbonyl (C=O) groups excluding carboxylic acids is 1. The van der Waals surface area contributed by atoms with E-state index in [-0.39, 0.29) is 16.4 Å². The molecule has 12 aromatic rings. The molecule has 0 fully saturated rings. The molecular weight excluding hydrogens is 1330 g/mol. The summed E-state index contributed by atoms with van der Waals surface area (Å²) in [5, 5.41) is 14.1. The van der Waals surface area contributed by atoms with E-state index >= 15 is 0 Å². The van der Waals surface area contributed by atoms with Crippen LogP contribution in [0.4, 0.5) is 22.0 Å². The maximum atomic E-state index is 12.9. The number of hydrogen-bond donors (Lipinski definition) is 1. The normalized spacial score (nSPS) is 10.1. The maximum Gasteiger partial charge on any atom is 0.337 e. The van der Waals surface area contributed by atoms with Crippen molar-refractivity contribution in [1.82, 2.24) is 24.9 Å². The van der Waals surface area contributed by atoms with Crippen LogP contribution in [0.2, 0.25) is 15.1 Å². The van der Waals surface area contributed by atoms with Gasteiger partial charge in [-0.3, -0.25) is 4.79 Å². The minimum atomic E-state index is -0.987. The summed E-state index contributed by atoms with van der Waals surface area (Å²) in [6.07, 6.45) is 8.35. The van der Waals surface area contributed by atoms with E-state index in [2.05, 4.69) is 59.9 Å². The molecule has 21 heteroatoms. The van der Waals surface area contributed by atoms with E-state index in [1.54, 1.807) is 113 Å². The molecule has 0 radical (unpaired) electrons. The van der Waals surface area contributed by atoms with Gasteiger partial charge < -0.3 is 5.11 Å². The number of pyridine rings is 5. The quantitative estimate of drug-likeness (QED) is 0.0908. The predicted octanol–water partition coefficient (Wildman–Crippen LogP) is 21.5. The van der Waals surface area contributed by atoms with Crippen LogP contribution in [-0.2, 0) is 6.42 Å². The van der Waals surface area contributed by atoms with E-state index in [4.69, 9.17) is 39.9 Å². The van der Waals surface area contributed by atoms with Crippen LogP contribution < -0.4 is 0 Å². The van der Waals surface area contributed by atoms with Crippen LogP contribution in [0.3, 0.4) is 0 Å². The minimum Gasteiger partial charge on any atom is -0.478 e. The zero-order valence-corrected chi connectivity index (χ0v) is 54.5. The van der Waals surface area contributed by atoms with Crippen molar-refractivity contribution < 1.29 is 36.6 Å². The number of thiophene rings is 4. The fourth-order valence-corrected chi connectivity index (χ4v) is 11.4. The Morgan fingerprint density at radius 1 is 0.443 bits per heavy atom. The molecule has 0 unspecified atom stereocenters. The summed E-state index contributed by atoms with van der Waals surface area (Å²) < 4.78 is 63.3.